The average molecular weight is 1240 g/mol. The van der Waals surface area contributed by atoms with Crippen LogP contribution in [0.1, 0.15) is 234 Å². The maximum atomic E-state index is 13.0. The van der Waals surface area contributed by atoms with Crippen molar-refractivity contribution in [3.63, 3.8) is 0 Å². The molecule has 0 radical (unpaired) electrons. The minimum atomic E-state index is -4.81. The zero-order valence-corrected chi connectivity index (χ0v) is 52.9. The highest BCUT2D eigenvalue weighted by molar-refractivity contribution is 7.47. The van der Waals surface area contributed by atoms with Gasteiger partial charge in [-0.3, -0.25) is 47.4 Å². The van der Waals surface area contributed by atoms with Crippen LogP contribution in [0.25, 0.3) is 0 Å². The number of primary amides is 1. The van der Waals surface area contributed by atoms with E-state index >= 15 is 0 Å². The van der Waals surface area contributed by atoms with E-state index in [-0.39, 0.29) is 32.1 Å². The van der Waals surface area contributed by atoms with Crippen LogP contribution in [0.5, 0.6) is 0 Å². The Hall–Kier alpha value is -4.62. The van der Waals surface area contributed by atoms with Crippen molar-refractivity contribution < 1.29 is 91.2 Å². The standard InChI is InChI=1S/C59H109N6O19P/c1-7-9-11-13-15-17-19-21-23-25-27-29-31-33-52(71)80-41-47(84-53(72)34-32-30-28-26-24-22-20-18-16-14-12-10-8-2)42-82-85(78,79)81-38-37-61-57(75)43(3)62-51(70)36-35-48(56(60)74)65-58(76)44(4)63-59(77)45(5)83-55(54(73)50(69)40-67)49(39-66)64-46(6)68/h39,43-45,47-50,54-55,67,69,73H,7-38,40-42H2,1-6H3,(H2,60,74)(H,61,75)(H,62,70)(H,63,77)(H,64,68)(H,65,76)(H,78,79)/t43-,44-,45+,47+,48+,49-,50+,54+,55?/m0/s1. The van der Waals surface area contributed by atoms with Gasteiger partial charge in [0.1, 0.15) is 61.5 Å². The number of ether oxygens (including phenoxy) is 3. The quantitative estimate of drug-likeness (QED) is 0.0153. The Morgan fingerprint density at radius 2 is 1.06 bits per heavy atom. The second kappa shape index (κ2) is 50.4. The number of carbonyl (C=O) groups excluding carboxylic acids is 9. The van der Waals surface area contributed by atoms with Crippen molar-refractivity contribution in [2.24, 2.45) is 5.73 Å². The molecule has 0 bridgehead atoms. The fourth-order valence-corrected chi connectivity index (χ4v) is 9.71. The Balaban J connectivity index is 5.13. The van der Waals surface area contributed by atoms with Crippen molar-refractivity contribution in [2.75, 3.05) is 33.0 Å². The molecule has 11 N–H and O–H groups in total. The van der Waals surface area contributed by atoms with E-state index in [9.17, 15) is 67.9 Å². The van der Waals surface area contributed by atoms with Gasteiger partial charge in [-0.1, -0.05) is 168 Å². The average Bonchev–Trinajstić information content (AvgIpc) is 3.67. The second-order valence-corrected chi connectivity index (χ2v) is 23.5. The van der Waals surface area contributed by atoms with Crippen molar-refractivity contribution in [1.29, 1.82) is 0 Å². The Bertz CT molecular complexity index is 1940. The van der Waals surface area contributed by atoms with Crippen LogP contribution in [0, 0.1) is 0 Å². The van der Waals surface area contributed by atoms with Crippen LogP contribution in [-0.4, -0.2) is 162 Å². The third-order valence-corrected chi connectivity index (χ3v) is 15.1. The number of unbranched alkanes of at least 4 members (excludes halogenated alkanes) is 24. The lowest BCUT2D eigenvalue weighted by Gasteiger charge is -2.32. The summed E-state index contributed by atoms with van der Waals surface area (Å²) in [6.07, 6.45) is 21.3. The molecular weight excluding hydrogens is 1130 g/mol. The highest BCUT2D eigenvalue weighted by Gasteiger charge is 2.37. The lowest BCUT2D eigenvalue weighted by Crippen LogP contribution is -2.57. The number of aldehydes is 1. The van der Waals surface area contributed by atoms with E-state index in [4.69, 9.17) is 29.0 Å². The van der Waals surface area contributed by atoms with Crippen LogP contribution in [0.2, 0.25) is 0 Å². The Labute approximate surface area is 505 Å². The highest BCUT2D eigenvalue weighted by atomic mass is 31.2. The smallest absolute Gasteiger partial charge is 0.462 e. The van der Waals surface area contributed by atoms with Gasteiger partial charge in [0.15, 0.2) is 6.10 Å². The normalized spacial score (nSPS) is 15.3. The summed E-state index contributed by atoms with van der Waals surface area (Å²) in [6, 6.07) is -5.52. The highest BCUT2D eigenvalue weighted by Crippen LogP contribution is 2.43. The van der Waals surface area contributed by atoms with E-state index in [1.54, 1.807) is 0 Å². The van der Waals surface area contributed by atoms with Crippen molar-refractivity contribution in [3.05, 3.63) is 0 Å². The second-order valence-electron chi connectivity index (χ2n) is 22.0. The van der Waals surface area contributed by atoms with Gasteiger partial charge in [0.25, 0.3) is 0 Å². The molecule has 0 spiro atoms. The van der Waals surface area contributed by atoms with E-state index in [0.717, 1.165) is 51.9 Å². The molecule has 10 atom stereocenters. The molecule has 0 saturated heterocycles. The van der Waals surface area contributed by atoms with Gasteiger partial charge in [0.05, 0.1) is 19.8 Å². The predicted molar refractivity (Wildman–Crippen MR) is 319 cm³/mol. The summed E-state index contributed by atoms with van der Waals surface area (Å²) in [5, 5.41) is 41.4. The largest absolute Gasteiger partial charge is 0.472 e. The number of amides is 6. The van der Waals surface area contributed by atoms with Crippen molar-refractivity contribution in [3.8, 4) is 0 Å². The Morgan fingerprint density at radius 3 is 1.52 bits per heavy atom. The van der Waals surface area contributed by atoms with Gasteiger partial charge in [-0.05, 0) is 40.0 Å². The summed E-state index contributed by atoms with van der Waals surface area (Å²) in [5.41, 5.74) is 5.46. The van der Waals surface area contributed by atoms with Crippen molar-refractivity contribution in [2.45, 2.75) is 289 Å². The summed E-state index contributed by atoms with van der Waals surface area (Å²) in [6.45, 7) is 6.40. The number of esters is 2. The number of carbonyl (C=O) groups is 9. The molecule has 25 nitrogen and oxygen atoms in total. The summed E-state index contributed by atoms with van der Waals surface area (Å²) < 4.78 is 39.5. The Morgan fingerprint density at radius 1 is 0.588 bits per heavy atom. The topological polar surface area (TPSA) is 384 Å². The monoisotopic (exact) mass is 1240 g/mol. The molecule has 2 unspecified atom stereocenters. The van der Waals surface area contributed by atoms with Crippen molar-refractivity contribution in [1.82, 2.24) is 26.6 Å². The summed E-state index contributed by atoms with van der Waals surface area (Å²) in [4.78, 5) is 123. The molecule has 6 amide bonds. The number of nitrogens with one attached hydrogen (secondary N) is 5. The first kappa shape index (κ1) is 80.4. The lowest BCUT2D eigenvalue weighted by molar-refractivity contribution is -0.161. The maximum absolute atomic E-state index is 13.0. The predicted octanol–water partition coefficient (Wildman–Crippen LogP) is 5.60. The number of rotatable bonds is 56. The van der Waals surface area contributed by atoms with Crippen LogP contribution in [0.3, 0.4) is 0 Å². The van der Waals surface area contributed by atoms with Gasteiger partial charge in [-0.15, -0.1) is 0 Å². The third-order valence-electron chi connectivity index (χ3n) is 14.1. The van der Waals surface area contributed by atoms with E-state index in [1.807, 2.05) is 0 Å². The fraction of sp³-hybridized carbons (Fsp3) is 0.847. The van der Waals surface area contributed by atoms with Crippen LogP contribution in [0.4, 0.5) is 0 Å². The molecule has 0 heterocycles. The number of aliphatic hydroxyl groups is 3. The van der Waals surface area contributed by atoms with Gasteiger partial charge in [0, 0.05) is 32.7 Å². The third kappa shape index (κ3) is 42.8. The van der Waals surface area contributed by atoms with E-state index in [1.165, 1.54) is 130 Å². The van der Waals surface area contributed by atoms with Crippen LogP contribution in [-0.2, 0) is 71.0 Å². The van der Waals surface area contributed by atoms with E-state index < -0.39 is 143 Å². The SMILES string of the molecule is CCCCCCCCCCCCCCCC(=O)OC[C@H](COP(=O)(O)OCCNC(=O)[C@H](C)NC(=O)CC[C@@H](NC(=O)[C@H](C)NC(=O)[C@@H](C)OC([C@H](C=O)NC(C)=O)[C@H](O)[C@H](O)CO)C(N)=O)OC(=O)CCCCCCCCCCCCCCC. The molecule has 494 valence electrons. The molecule has 85 heavy (non-hydrogen) atoms. The molecule has 26 heteroatoms. The molecule has 0 aromatic carbocycles. The molecule has 0 aliphatic rings. The number of hydrogen-bond acceptors (Lipinski definition) is 18. The molecule has 0 rings (SSSR count). The van der Waals surface area contributed by atoms with Crippen LogP contribution in [0.15, 0.2) is 0 Å². The first-order valence-electron chi connectivity index (χ1n) is 31.3. The summed E-state index contributed by atoms with van der Waals surface area (Å²) in [5.74, 6) is -6.18. The van der Waals surface area contributed by atoms with Gasteiger partial charge in [-0.25, -0.2) is 4.57 Å². The zero-order chi connectivity index (χ0) is 63.8. The maximum Gasteiger partial charge on any atom is 0.472 e. The number of hydrogen-bond donors (Lipinski definition) is 10. The number of aliphatic hydroxyl groups excluding tert-OH is 3. The zero-order valence-electron chi connectivity index (χ0n) is 52.0. The molecule has 0 aliphatic carbocycles. The molecule has 0 fully saturated rings. The number of phosphoric ester groups is 1. The number of phosphoric acid groups is 1. The van der Waals surface area contributed by atoms with Gasteiger partial charge >= 0.3 is 19.8 Å². The molecule has 0 aliphatic heterocycles. The van der Waals surface area contributed by atoms with Gasteiger partial charge in [-0.2, -0.15) is 0 Å². The Kier molecular flexibility index (Phi) is 47.6. The summed E-state index contributed by atoms with van der Waals surface area (Å²) >= 11 is 0. The molecule has 0 aromatic heterocycles. The fourth-order valence-electron chi connectivity index (χ4n) is 8.96. The molecule has 0 saturated carbocycles. The first-order valence-corrected chi connectivity index (χ1v) is 32.8. The molecular formula is C59H109N6O19P. The minimum Gasteiger partial charge on any atom is -0.462 e. The van der Waals surface area contributed by atoms with Crippen molar-refractivity contribution >= 4 is 61.5 Å². The van der Waals surface area contributed by atoms with Crippen LogP contribution < -0.4 is 32.3 Å². The number of nitrogens with two attached hydrogens (primary N) is 1. The van der Waals surface area contributed by atoms with Gasteiger partial charge in [0.2, 0.25) is 35.4 Å². The lowest BCUT2D eigenvalue weighted by atomic mass is 10.0. The van der Waals surface area contributed by atoms with E-state index in [2.05, 4.69) is 40.4 Å². The minimum absolute atomic E-state index is 0.105. The van der Waals surface area contributed by atoms with Crippen LogP contribution >= 0.6 is 7.82 Å². The molecule has 0 aromatic rings. The van der Waals surface area contributed by atoms with E-state index in [0.29, 0.717) is 12.8 Å². The van der Waals surface area contributed by atoms with Gasteiger partial charge < -0.3 is 71.5 Å². The summed E-state index contributed by atoms with van der Waals surface area (Å²) in [7, 11) is -4.81. The first-order chi connectivity index (χ1) is 40.5.